The van der Waals surface area contributed by atoms with Crippen LogP contribution in [-0.4, -0.2) is 33.1 Å². The molecule has 0 heterocycles. The number of anilines is 2. The number of rotatable bonds is 8. The molecule has 4 atom stereocenters. The number of halogens is 2. The molecule has 0 spiro atoms. The Balaban J connectivity index is 1.51. The van der Waals surface area contributed by atoms with Crippen LogP contribution in [0.25, 0.3) is 17.2 Å². The van der Waals surface area contributed by atoms with Gasteiger partial charge in [0.1, 0.15) is 11.6 Å². The van der Waals surface area contributed by atoms with Crippen LogP contribution in [0.15, 0.2) is 66.7 Å². The molecular formula is C33H34F2N2O3. The van der Waals surface area contributed by atoms with Gasteiger partial charge in [-0.2, -0.15) is 0 Å². The number of methoxy groups -OCH3 is 1. The lowest BCUT2D eigenvalue weighted by Gasteiger charge is -2.30. The minimum Gasteiger partial charge on any atom is -0.466 e. The van der Waals surface area contributed by atoms with Gasteiger partial charge in [0.2, 0.25) is 5.91 Å². The highest BCUT2D eigenvalue weighted by molar-refractivity contribution is 5.96. The van der Waals surface area contributed by atoms with Crippen molar-refractivity contribution in [3.05, 3.63) is 89.5 Å². The minimum absolute atomic E-state index is 0.0195. The van der Waals surface area contributed by atoms with Gasteiger partial charge < -0.3 is 14.5 Å². The zero-order chi connectivity index (χ0) is 29.3. The predicted octanol–water partition coefficient (Wildman–Crippen LogP) is 6.85. The van der Waals surface area contributed by atoms with Gasteiger partial charge in [0, 0.05) is 43.0 Å². The van der Waals surface area contributed by atoms with Gasteiger partial charge in [-0.3, -0.25) is 4.79 Å². The highest BCUT2D eigenvalue weighted by atomic mass is 19.1. The third kappa shape index (κ3) is 5.93. The third-order valence-corrected chi connectivity index (χ3v) is 8.07. The average molecular weight is 546 g/mol. The van der Waals surface area contributed by atoms with Gasteiger partial charge in [-0.05, 0) is 90.3 Å². The van der Waals surface area contributed by atoms with Gasteiger partial charge in [0.25, 0.3) is 0 Å². The molecule has 7 heteroatoms. The molecule has 2 saturated carbocycles. The molecule has 2 bridgehead atoms. The second-order valence-electron chi connectivity index (χ2n) is 10.9. The zero-order valence-electron chi connectivity index (χ0n) is 23.9. The average Bonchev–Trinajstić information content (AvgIpc) is 3.60. The van der Waals surface area contributed by atoms with Crippen LogP contribution in [0.5, 0.6) is 0 Å². The van der Waals surface area contributed by atoms with E-state index in [1.54, 1.807) is 6.07 Å². The van der Waals surface area contributed by atoms with Crippen LogP contribution in [0, 0.1) is 29.4 Å². The maximum absolute atomic E-state index is 15.7. The van der Waals surface area contributed by atoms with Crippen molar-refractivity contribution in [1.29, 1.82) is 0 Å². The summed E-state index contributed by atoms with van der Waals surface area (Å²) in [5.41, 5.74) is 2.97. The second kappa shape index (κ2) is 11.6. The Morgan fingerprint density at radius 3 is 2.35 bits per heavy atom. The van der Waals surface area contributed by atoms with Crippen molar-refractivity contribution in [2.24, 2.45) is 17.8 Å². The number of hydrogen-bond donors (Lipinski definition) is 0. The molecule has 5 nitrogen and oxygen atoms in total. The fraction of sp³-hybridized carbons (Fsp3) is 0.333. The highest BCUT2D eigenvalue weighted by Crippen LogP contribution is 2.49. The Morgan fingerprint density at radius 1 is 0.975 bits per heavy atom. The first kappa shape index (κ1) is 26.2. The predicted molar refractivity (Wildman–Crippen MR) is 154 cm³/mol. The Kier molecular flexibility index (Phi) is 7.62. The Hall–Kier alpha value is -4.00. The fourth-order valence-corrected chi connectivity index (χ4v) is 5.96. The lowest BCUT2D eigenvalue weighted by atomic mass is 9.87. The lowest BCUT2D eigenvalue weighted by molar-refractivity contribution is -0.134. The van der Waals surface area contributed by atoms with Gasteiger partial charge in [0.05, 0.1) is 15.0 Å². The maximum atomic E-state index is 15.7. The lowest BCUT2D eigenvalue weighted by Crippen LogP contribution is -2.38. The molecule has 208 valence electrons. The first-order valence-electron chi connectivity index (χ1n) is 14.1. The number of amides is 1. The van der Waals surface area contributed by atoms with E-state index in [9.17, 15) is 14.0 Å². The largest absolute Gasteiger partial charge is 0.466 e. The minimum atomic E-state index is -1.44. The molecule has 2 fully saturated rings. The number of nitrogens with zero attached hydrogens (tertiary/aromatic N) is 2. The van der Waals surface area contributed by atoms with Crippen LogP contribution in [0.4, 0.5) is 20.2 Å². The number of carbonyl (C=O) groups excluding carboxylic acids is 2. The Morgan fingerprint density at radius 2 is 1.73 bits per heavy atom. The Bertz CT molecular complexity index is 1470. The van der Waals surface area contributed by atoms with Crippen molar-refractivity contribution >= 4 is 29.3 Å². The number of benzene rings is 3. The van der Waals surface area contributed by atoms with Crippen molar-refractivity contribution in [2.45, 2.75) is 32.2 Å². The van der Waals surface area contributed by atoms with Crippen molar-refractivity contribution < 1.29 is 24.5 Å². The van der Waals surface area contributed by atoms with E-state index in [-0.39, 0.29) is 29.0 Å². The summed E-state index contributed by atoms with van der Waals surface area (Å²) >= 11 is 0. The number of ether oxygens (including phenoxy) is 1. The zero-order valence-corrected chi connectivity index (χ0v) is 22.9. The van der Waals surface area contributed by atoms with E-state index in [1.165, 1.54) is 48.4 Å². The van der Waals surface area contributed by atoms with Crippen LogP contribution >= 0.6 is 0 Å². The highest BCUT2D eigenvalue weighted by Gasteiger charge is 2.44. The van der Waals surface area contributed by atoms with E-state index in [4.69, 9.17) is 1.37 Å². The van der Waals surface area contributed by atoms with Crippen molar-refractivity contribution in [1.82, 2.24) is 0 Å². The molecule has 2 aliphatic rings. The van der Waals surface area contributed by atoms with E-state index in [0.717, 1.165) is 43.0 Å². The quantitative estimate of drug-likeness (QED) is 0.229. The molecule has 5 rings (SSSR count). The third-order valence-electron chi connectivity index (χ3n) is 8.07. The van der Waals surface area contributed by atoms with Crippen molar-refractivity contribution in [3.8, 4) is 11.1 Å². The summed E-state index contributed by atoms with van der Waals surface area (Å²) < 4.78 is 44.2. The van der Waals surface area contributed by atoms with Crippen LogP contribution in [0.3, 0.4) is 0 Å². The normalized spacial score (nSPS) is 20.8. The summed E-state index contributed by atoms with van der Waals surface area (Å²) in [7, 11) is 5.12. The molecule has 0 unspecified atom stereocenters. The Labute approximate surface area is 235 Å². The molecule has 0 aromatic heterocycles. The topological polar surface area (TPSA) is 49.9 Å². The van der Waals surface area contributed by atoms with Crippen molar-refractivity contribution in [2.75, 3.05) is 31.0 Å². The molecule has 0 radical (unpaired) electrons. The van der Waals surface area contributed by atoms with Gasteiger partial charge in [-0.15, -0.1) is 0 Å². The molecular weight excluding hydrogens is 510 g/mol. The van der Waals surface area contributed by atoms with E-state index in [2.05, 4.69) is 4.74 Å². The van der Waals surface area contributed by atoms with Crippen LogP contribution in [0.2, 0.25) is 0 Å². The van der Waals surface area contributed by atoms with Gasteiger partial charge in [-0.25, -0.2) is 13.6 Å². The summed E-state index contributed by atoms with van der Waals surface area (Å²) in [6.45, 7) is -1.44. The van der Waals surface area contributed by atoms with Crippen molar-refractivity contribution in [3.63, 3.8) is 0 Å². The van der Waals surface area contributed by atoms with Gasteiger partial charge >= 0.3 is 5.97 Å². The van der Waals surface area contributed by atoms with Crippen LogP contribution in [0.1, 0.15) is 38.2 Å². The van der Waals surface area contributed by atoms with Crippen LogP contribution in [-0.2, 0) is 20.8 Å². The summed E-state index contributed by atoms with van der Waals surface area (Å²) in [5.74, 6) is -1.77. The molecule has 2 aliphatic carbocycles. The summed E-state index contributed by atoms with van der Waals surface area (Å²) in [4.78, 5) is 28.8. The molecule has 0 aliphatic heterocycles. The van der Waals surface area contributed by atoms with Gasteiger partial charge in [0.15, 0.2) is 0 Å². The number of carbonyl (C=O) groups is 2. The SMILES string of the molecule is [2H][C@@H](c1ccc(-c2ccc(N(C)C)cc2)cc1F)N(C(=O)[C@@H]1C[C@H]2CC[C@@H]1C2)c1cc(F)cc(/C=C/C(=O)OC)c1. The molecule has 0 saturated heterocycles. The summed E-state index contributed by atoms with van der Waals surface area (Å²) in [6, 6.07) is 16.3. The number of fused-ring (bicyclic) bond motifs is 2. The summed E-state index contributed by atoms with van der Waals surface area (Å²) in [5, 5.41) is 0. The smallest absolute Gasteiger partial charge is 0.330 e. The van der Waals surface area contributed by atoms with Gasteiger partial charge in [-0.1, -0.05) is 30.7 Å². The number of hydrogen-bond acceptors (Lipinski definition) is 4. The fourth-order valence-electron chi connectivity index (χ4n) is 5.96. The maximum Gasteiger partial charge on any atom is 0.330 e. The van der Waals surface area contributed by atoms with E-state index in [1.807, 2.05) is 43.3 Å². The van der Waals surface area contributed by atoms with Crippen LogP contribution < -0.4 is 9.80 Å². The summed E-state index contributed by atoms with van der Waals surface area (Å²) in [6.07, 6.45) is 6.27. The molecule has 1 amide bonds. The molecule has 0 N–H and O–H groups in total. The standard InChI is InChI=1S/C33H34F2N2O3/c1-36(2)28-11-9-23(10-12-28)24-7-8-26(31(35)18-24)20-37(33(39)30-17-21-4-6-25(30)14-21)29-16-22(15-27(34)19-29)5-13-32(38)40-3/h5,7-13,15-16,18-19,21,25,30H,4,6,14,17,20H2,1-3H3/b13-5+/t21-,25+,30+/m0/s1/i20D/t20-,21-,25+,30+. The molecule has 40 heavy (non-hydrogen) atoms. The first-order chi connectivity index (χ1) is 19.6. The number of esters is 1. The van der Waals surface area contributed by atoms with E-state index >= 15 is 4.39 Å². The van der Waals surface area contributed by atoms with E-state index in [0.29, 0.717) is 17.0 Å². The molecule has 3 aromatic carbocycles. The van der Waals surface area contributed by atoms with E-state index < -0.39 is 24.1 Å². The molecule has 3 aromatic rings. The second-order valence-corrected chi connectivity index (χ2v) is 10.9. The first-order valence-corrected chi connectivity index (χ1v) is 13.5. The monoisotopic (exact) mass is 545 g/mol.